The minimum atomic E-state index is -0.299. The second kappa shape index (κ2) is 8.99. The van der Waals surface area contributed by atoms with Crippen molar-refractivity contribution >= 4 is 11.6 Å². The van der Waals surface area contributed by atoms with Crippen LogP contribution in [-0.4, -0.2) is 29.1 Å². The summed E-state index contributed by atoms with van der Waals surface area (Å²) in [5, 5.41) is 2.89. The highest BCUT2D eigenvalue weighted by molar-refractivity contribution is 6.05. The number of nitrogens with one attached hydrogen (secondary N) is 1. The standard InChI is InChI=1S/C22H23N3O3/c1-4-27-17-11-12-20(28-5-2)19(13-17)25-22(26)18-14-23-21(24-15(18)3)16-9-7-6-8-10-16/h6-14H,4-5H2,1-3H3,(H,25,26). The third-order valence-electron chi connectivity index (χ3n) is 4.07. The number of ether oxygens (including phenoxy) is 2. The van der Waals surface area contributed by atoms with Crippen LogP contribution in [-0.2, 0) is 0 Å². The van der Waals surface area contributed by atoms with Crippen LogP contribution in [0, 0.1) is 6.92 Å². The van der Waals surface area contributed by atoms with Crippen LogP contribution in [0.3, 0.4) is 0 Å². The molecule has 0 spiro atoms. The first-order valence-corrected chi connectivity index (χ1v) is 9.22. The van der Waals surface area contributed by atoms with Crippen LogP contribution in [0.5, 0.6) is 11.5 Å². The van der Waals surface area contributed by atoms with Crippen molar-refractivity contribution in [3.63, 3.8) is 0 Å². The van der Waals surface area contributed by atoms with Crippen LogP contribution in [0.15, 0.2) is 54.7 Å². The minimum Gasteiger partial charge on any atom is -0.494 e. The Hall–Kier alpha value is -3.41. The first-order chi connectivity index (χ1) is 13.6. The van der Waals surface area contributed by atoms with Crippen LogP contribution >= 0.6 is 0 Å². The number of anilines is 1. The van der Waals surface area contributed by atoms with E-state index in [4.69, 9.17) is 9.47 Å². The van der Waals surface area contributed by atoms with Crippen molar-refractivity contribution in [2.45, 2.75) is 20.8 Å². The second-order valence-corrected chi connectivity index (χ2v) is 6.04. The summed E-state index contributed by atoms with van der Waals surface area (Å²) in [7, 11) is 0. The molecule has 3 aromatic rings. The maximum Gasteiger partial charge on any atom is 0.259 e. The highest BCUT2D eigenvalue weighted by Gasteiger charge is 2.15. The molecular formula is C22H23N3O3. The Kier molecular flexibility index (Phi) is 6.22. The molecule has 0 fully saturated rings. The number of hydrogen-bond acceptors (Lipinski definition) is 5. The Balaban J connectivity index is 1.86. The molecule has 0 saturated heterocycles. The monoisotopic (exact) mass is 377 g/mol. The van der Waals surface area contributed by atoms with Crippen molar-refractivity contribution in [2.75, 3.05) is 18.5 Å². The van der Waals surface area contributed by atoms with Gasteiger partial charge >= 0.3 is 0 Å². The van der Waals surface area contributed by atoms with E-state index in [9.17, 15) is 4.79 Å². The van der Waals surface area contributed by atoms with Gasteiger partial charge in [0, 0.05) is 17.8 Å². The quantitative estimate of drug-likeness (QED) is 0.656. The molecule has 0 aliphatic carbocycles. The van der Waals surface area contributed by atoms with E-state index in [0.717, 1.165) is 5.56 Å². The highest BCUT2D eigenvalue weighted by Crippen LogP contribution is 2.30. The van der Waals surface area contributed by atoms with Crippen molar-refractivity contribution in [1.82, 2.24) is 9.97 Å². The average Bonchev–Trinajstić information content (AvgIpc) is 2.71. The predicted molar refractivity (Wildman–Crippen MR) is 109 cm³/mol. The summed E-state index contributed by atoms with van der Waals surface area (Å²) in [5.41, 5.74) is 2.46. The summed E-state index contributed by atoms with van der Waals surface area (Å²) < 4.78 is 11.1. The summed E-state index contributed by atoms with van der Waals surface area (Å²) in [5.74, 6) is 1.53. The molecule has 0 aliphatic rings. The molecule has 3 rings (SSSR count). The smallest absolute Gasteiger partial charge is 0.259 e. The molecule has 1 heterocycles. The lowest BCUT2D eigenvalue weighted by molar-refractivity contribution is 0.102. The van der Waals surface area contributed by atoms with E-state index in [1.807, 2.05) is 50.2 Å². The average molecular weight is 377 g/mol. The number of hydrogen-bond donors (Lipinski definition) is 1. The van der Waals surface area contributed by atoms with Crippen molar-refractivity contribution < 1.29 is 14.3 Å². The second-order valence-electron chi connectivity index (χ2n) is 6.04. The minimum absolute atomic E-state index is 0.299. The molecule has 0 unspecified atom stereocenters. The van der Waals surface area contributed by atoms with Gasteiger partial charge in [-0.05, 0) is 32.9 Å². The largest absolute Gasteiger partial charge is 0.494 e. The Bertz CT molecular complexity index is 958. The number of nitrogens with zero attached hydrogens (tertiary/aromatic N) is 2. The SMILES string of the molecule is CCOc1ccc(OCC)c(NC(=O)c2cnc(-c3ccccc3)nc2C)c1. The van der Waals surface area contributed by atoms with Crippen molar-refractivity contribution in [2.24, 2.45) is 0 Å². The highest BCUT2D eigenvalue weighted by atomic mass is 16.5. The van der Waals surface area contributed by atoms with E-state index >= 15 is 0 Å². The molecule has 2 aromatic carbocycles. The number of carbonyl (C=O) groups is 1. The Morgan fingerprint density at radius 2 is 1.79 bits per heavy atom. The molecule has 0 radical (unpaired) electrons. The van der Waals surface area contributed by atoms with Gasteiger partial charge < -0.3 is 14.8 Å². The van der Waals surface area contributed by atoms with E-state index < -0.39 is 0 Å². The van der Waals surface area contributed by atoms with Gasteiger partial charge in [-0.15, -0.1) is 0 Å². The molecule has 1 N–H and O–H groups in total. The molecule has 0 saturated carbocycles. The lowest BCUT2D eigenvalue weighted by Crippen LogP contribution is -2.16. The van der Waals surface area contributed by atoms with Crippen LogP contribution in [0.4, 0.5) is 5.69 Å². The topological polar surface area (TPSA) is 73.3 Å². The van der Waals surface area contributed by atoms with Crippen LogP contribution in [0.2, 0.25) is 0 Å². The van der Waals surface area contributed by atoms with E-state index in [2.05, 4.69) is 15.3 Å². The number of benzene rings is 2. The molecule has 6 nitrogen and oxygen atoms in total. The Labute approximate surface area is 164 Å². The molecule has 0 atom stereocenters. The normalized spacial score (nSPS) is 10.4. The maximum absolute atomic E-state index is 12.8. The third kappa shape index (κ3) is 4.46. The van der Waals surface area contributed by atoms with Crippen LogP contribution in [0.25, 0.3) is 11.4 Å². The first kappa shape index (κ1) is 19.4. The number of aryl methyl sites for hydroxylation is 1. The van der Waals surface area contributed by atoms with E-state index in [0.29, 0.717) is 47.5 Å². The van der Waals surface area contributed by atoms with Gasteiger partial charge in [0.1, 0.15) is 11.5 Å². The fourth-order valence-electron chi connectivity index (χ4n) is 2.75. The van der Waals surface area contributed by atoms with Gasteiger partial charge in [-0.25, -0.2) is 9.97 Å². The molecule has 144 valence electrons. The molecule has 6 heteroatoms. The predicted octanol–water partition coefficient (Wildman–Crippen LogP) is 4.50. The van der Waals surface area contributed by atoms with Crippen molar-refractivity contribution in [1.29, 1.82) is 0 Å². The molecule has 28 heavy (non-hydrogen) atoms. The van der Waals surface area contributed by atoms with Crippen molar-refractivity contribution in [3.8, 4) is 22.9 Å². The number of aromatic nitrogens is 2. The van der Waals surface area contributed by atoms with Gasteiger partial charge in [-0.2, -0.15) is 0 Å². The number of amides is 1. The zero-order valence-corrected chi connectivity index (χ0v) is 16.2. The lowest BCUT2D eigenvalue weighted by atomic mass is 10.1. The summed E-state index contributed by atoms with van der Waals surface area (Å²) >= 11 is 0. The Morgan fingerprint density at radius 3 is 2.46 bits per heavy atom. The first-order valence-electron chi connectivity index (χ1n) is 9.22. The summed E-state index contributed by atoms with van der Waals surface area (Å²) in [6, 6.07) is 15.0. The number of carbonyl (C=O) groups excluding carboxylic acids is 1. The van der Waals surface area contributed by atoms with E-state index in [1.54, 1.807) is 25.3 Å². The van der Waals surface area contributed by atoms with Gasteiger partial charge in [0.15, 0.2) is 5.82 Å². The molecular weight excluding hydrogens is 354 g/mol. The summed E-state index contributed by atoms with van der Waals surface area (Å²) in [4.78, 5) is 21.7. The zero-order chi connectivity index (χ0) is 19.9. The van der Waals surface area contributed by atoms with Gasteiger partial charge in [-0.3, -0.25) is 4.79 Å². The summed E-state index contributed by atoms with van der Waals surface area (Å²) in [6.45, 7) is 6.62. The van der Waals surface area contributed by atoms with Gasteiger partial charge in [-0.1, -0.05) is 30.3 Å². The fraction of sp³-hybridized carbons (Fsp3) is 0.227. The van der Waals surface area contributed by atoms with Crippen LogP contribution < -0.4 is 14.8 Å². The molecule has 1 aromatic heterocycles. The lowest BCUT2D eigenvalue weighted by Gasteiger charge is -2.14. The van der Waals surface area contributed by atoms with Gasteiger partial charge in [0.2, 0.25) is 0 Å². The Morgan fingerprint density at radius 1 is 1.04 bits per heavy atom. The maximum atomic E-state index is 12.8. The number of rotatable bonds is 7. The van der Waals surface area contributed by atoms with E-state index in [1.165, 1.54) is 0 Å². The van der Waals surface area contributed by atoms with Crippen molar-refractivity contribution in [3.05, 3.63) is 66.0 Å². The molecule has 0 aliphatic heterocycles. The molecule has 1 amide bonds. The molecule has 0 bridgehead atoms. The fourth-order valence-corrected chi connectivity index (χ4v) is 2.75. The van der Waals surface area contributed by atoms with Crippen LogP contribution in [0.1, 0.15) is 29.9 Å². The van der Waals surface area contributed by atoms with Gasteiger partial charge in [0.05, 0.1) is 30.2 Å². The third-order valence-corrected chi connectivity index (χ3v) is 4.07. The zero-order valence-electron chi connectivity index (χ0n) is 16.2. The summed E-state index contributed by atoms with van der Waals surface area (Å²) in [6.07, 6.45) is 1.55. The van der Waals surface area contributed by atoms with E-state index in [-0.39, 0.29) is 5.91 Å². The van der Waals surface area contributed by atoms with Gasteiger partial charge in [0.25, 0.3) is 5.91 Å².